The molecule has 2 N–H and O–H groups in total. The number of hydrogen-bond acceptors (Lipinski definition) is 3. The lowest BCUT2D eigenvalue weighted by Crippen LogP contribution is -2.20. The average molecular weight is 285 g/mol. The second-order valence-electron chi connectivity index (χ2n) is 4.51. The fourth-order valence-electron chi connectivity index (χ4n) is 2.07. The molecule has 7 heteroatoms. The fourth-order valence-corrected chi connectivity index (χ4v) is 2.07. The van der Waals surface area contributed by atoms with Gasteiger partial charge in [0.25, 0.3) is 0 Å². The van der Waals surface area contributed by atoms with Gasteiger partial charge < -0.3 is 5.73 Å². The normalized spacial score (nSPS) is 10.7. The Bertz CT molecular complexity index is 775. The van der Waals surface area contributed by atoms with Gasteiger partial charge in [0.05, 0.1) is 12.4 Å². The Morgan fingerprint density at radius 1 is 1.29 bits per heavy atom. The van der Waals surface area contributed by atoms with Crippen LogP contribution in [-0.2, 0) is 6.42 Å². The molecule has 0 aliphatic rings. The highest BCUT2D eigenvalue weighted by Gasteiger charge is 2.07. The molecular weight excluding hydrogens is 273 g/mol. The van der Waals surface area contributed by atoms with E-state index < -0.39 is 11.8 Å². The summed E-state index contributed by atoms with van der Waals surface area (Å²) in [5.41, 5.74) is 6.97. The van der Waals surface area contributed by atoms with E-state index in [9.17, 15) is 9.18 Å². The molecule has 0 bridgehead atoms. The minimum Gasteiger partial charge on any atom is -0.351 e. The van der Waals surface area contributed by atoms with Crippen LogP contribution in [0.4, 0.5) is 9.18 Å². The van der Waals surface area contributed by atoms with Crippen molar-refractivity contribution >= 4 is 6.03 Å². The Morgan fingerprint density at radius 3 is 2.76 bits per heavy atom. The van der Waals surface area contributed by atoms with E-state index in [4.69, 9.17) is 5.73 Å². The molecule has 3 aromatic rings. The highest BCUT2D eigenvalue weighted by molar-refractivity contribution is 5.75. The molecule has 0 aliphatic heterocycles. The predicted octanol–water partition coefficient (Wildman–Crippen LogP) is 1.73. The quantitative estimate of drug-likeness (QED) is 0.796. The zero-order valence-electron chi connectivity index (χ0n) is 11.0. The lowest BCUT2D eigenvalue weighted by Gasteiger charge is -2.06. The van der Waals surface area contributed by atoms with Crippen molar-refractivity contribution in [1.29, 1.82) is 0 Å². The summed E-state index contributed by atoms with van der Waals surface area (Å²) >= 11 is 0. The van der Waals surface area contributed by atoms with E-state index in [1.54, 1.807) is 24.5 Å². The number of nitrogens with two attached hydrogens (primary N) is 1. The van der Waals surface area contributed by atoms with E-state index in [1.165, 1.54) is 15.4 Å². The van der Waals surface area contributed by atoms with E-state index in [-0.39, 0.29) is 0 Å². The number of amides is 1. The second-order valence-corrected chi connectivity index (χ2v) is 4.51. The summed E-state index contributed by atoms with van der Waals surface area (Å²) in [6.07, 6.45) is 6.17. The van der Waals surface area contributed by atoms with Crippen LogP contribution in [0.5, 0.6) is 0 Å². The van der Waals surface area contributed by atoms with Crippen LogP contribution in [0, 0.1) is 5.82 Å². The molecule has 3 aromatic heterocycles. The molecule has 0 radical (unpaired) electrons. The molecule has 0 saturated heterocycles. The third-order valence-corrected chi connectivity index (χ3v) is 3.05. The van der Waals surface area contributed by atoms with Crippen molar-refractivity contribution in [2.24, 2.45) is 5.73 Å². The van der Waals surface area contributed by atoms with Crippen molar-refractivity contribution in [2.45, 2.75) is 6.42 Å². The standard InChI is InChI=1S/C14H12FN5O/c15-11-8-18-20(9-11)13-4-3-10(7-17-13)6-12-2-1-5-19(12)14(16)21/h1-5,7-9H,6H2,(H2,16,21). The maximum Gasteiger partial charge on any atom is 0.323 e. The first kappa shape index (κ1) is 13.0. The molecule has 106 valence electrons. The number of nitrogens with zero attached hydrogens (tertiary/aromatic N) is 4. The van der Waals surface area contributed by atoms with Crippen LogP contribution < -0.4 is 5.73 Å². The summed E-state index contributed by atoms with van der Waals surface area (Å²) in [7, 11) is 0. The van der Waals surface area contributed by atoms with Gasteiger partial charge in [0.1, 0.15) is 0 Å². The molecule has 6 nitrogen and oxygen atoms in total. The van der Waals surface area contributed by atoms with Crippen molar-refractivity contribution in [3.63, 3.8) is 0 Å². The SMILES string of the molecule is NC(=O)n1cccc1Cc1ccc(-n2cc(F)cn2)nc1. The van der Waals surface area contributed by atoms with Crippen LogP contribution in [0.1, 0.15) is 11.3 Å². The molecule has 0 unspecified atom stereocenters. The molecule has 21 heavy (non-hydrogen) atoms. The number of aromatic nitrogens is 4. The van der Waals surface area contributed by atoms with Crippen molar-refractivity contribution < 1.29 is 9.18 Å². The van der Waals surface area contributed by atoms with Crippen LogP contribution in [0.3, 0.4) is 0 Å². The van der Waals surface area contributed by atoms with Gasteiger partial charge in [0.2, 0.25) is 0 Å². The Balaban J connectivity index is 1.81. The highest BCUT2D eigenvalue weighted by Crippen LogP contribution is 2.11. The van der Waals surface area contributed by atoms with Crippen molar-refractivity contribution in [3.05, 3.63) is 66.1 Å². The molecule has 0 atom stereocenters. The minimum absolute atomic E-state index is 0.417. The number of halogens is 1. The lowest BCUT2D eigenvalue weighted by atomic mass is 10.1. The van der Waals surface area contributed by atoms with Crippen LogP contribution in [0.2, 0.25) is 0 Å². The minimum atomic E-state index is -0.522. The summed E-state index contributed by atoms with van der Waals surface area (Å²) in [5, 5.41) is 3.84. The van der Waals surface area contributed by atoms with Crippen LogP contribution in [0.15, 0.2) is 49.1 Å². The van der Waals surface area contributed by atoms with Gasteiger partial charge in [-0.3, -0.25) is 4.57 Å². The summed E-state index contributed by atoms with van der Waals surface area (Å²) in [5.74, 6) is 0.105. The number of carbonyl (C=O) groups is 1. The number of primary amides is 1. The van der Waals surface area contributed by atoms with Gasteiger partial charge in [-0.2, -0.15) is 5.10 Å². The monoisotopic (exact) mass is 285 g/mol. The summed E-state index contributed by atoms with van der Waals surface area (Å²) in [6.45, 7) is 0. The molecule has 1 amide bonds. The predicted molar refractivity (Wildman–Crippen MR) is 73.5 cm³/mol. The molecule has 0 spiro atoms. The molecule has 3 heterocycles. The zero-order chi connectivity index (χ0) is 14.8. The number of carbonyl (C=O) groups excluding carboxylic acids is 1. The maximum absolute atomic E-state index is 12.9. The third kappa shape index (κ3) is 2.66. The van der Waals surface area contributed by atoms with Gasteiger partial charge in [-0.05, 0) is 23.8 Å². The third-order valence-electron chi connectivity index (χ3n) is 3.05. The van der Waals surface area contributed by atoms with E-state index in [2.05, 4.69) is 10.1 Å². The summed E-state index contributed by atoms with van der Waals surface area (Å²) in [6, 6.07) is 6.64. The lowest BCUT2D eigenvalue weighted by molar-refractivity contribution is 0.250. The topological polar surface area (TPSA) is 78.7 Å². The Morgan fingerprint density at radius 2 is 2.14 bits per heavy atom. The molecular formula is C14H12FN5O. The fraction of sp³-hybridized carbons (Fsp3) is 0.0714. The Hall–Kier alpha value is -2.96. The van der Waals surface area contributed by atoms with E-state index in [0.717, 1.165) is 17.5 Å². The van der Waals surface area contributed by atoms with Crippen LogP contribution in [0.25, 0.3) is 5.82 Å². The Kier molecular flexibility index (Phi) is 3.23. The first-order chi connectivity index (χ1) is 10.1. The number of rotatable bonds is 3. The van der Waals surface area contributed by atoms with Crippen LogP contribution >= 0.6 is 0 Å². The Labute approximate surface area is 119 Å². The van der Waals surface area contributed by atoms with E-state index in [1.807, 2.05) is 12.1 Å². The first-order valence-corrected chi connectivity index (χ1v) is 6.25. The summed E-state index contributed by atoms with van der Waals surface area (Å²) in [4.78, 5) is 15.5. The van der Waals surface area contributed by atoms with Gasteiger partial charge in [-0.15, -0.1) is 0 Å². The zero-order valence-corrected chi connectivity index (χ0v) is 11.0. The molecule has 3 rings (SSSR count). The largest absolute Gasteiger partial charge is 0.351 e. The van der Waals surface area contributed by atoms with Gasteiger partial charge in [-0.25, -0.2) is 18.9 Å². The number of hydrogen-bond donors (Lipinski definition) is 1. The van der Waals surface area contributed by atoms with Crippen molar-refractivity contribution in [2.75, 3.05) is 0 Å². The second kappa shape index (κ2) is 5.20. The maximum atomic E-state index is 12.9. The van der Waals surface area contributed by atoms with Gasteiger partial charge in [-0.1, -0.05) is 6.07 Å². The smallest absolute Gasteiger partial charge is 0.323 e. The summed E-state index contributed by atoms with van der Waals surface area (Å²) < 4.78 is 15.6. The van der Waals surface area contributed by atoms with Crippen molar-refractivity contribution in [1.82, 2.24) is 19.3 Å². The van der Waals surface area contributed by atoms with Gasteiger partial charge in [0.15, 0.2) is 11.6 Å². The van der Waals surface area contributed by atoms with E-state index >= 15 is 0 Å². The molecule has 0 saturated carbocycles. The van der Waals surface area contributed by atoms with Crippen molar-refractivity contribution in [3.8, 4) is 5.82 Å². The number of pyridine rings is 1. The molecule has 0 aromatic carbocycles. The molecule has 0 fully saturated rings. The first-order valence-electron chi connectivity index (χ1n) is 6.25. The average Bonchev–Trinajstić information content (AvgIpc) is 3.09. The van der Waals surface area contributed by atoms with Crippen LogP contribution in [-0.4, -0.2) is 25.4 Å². The van der Waals surface area contributed by atoms with Gasteiger partial charge >= 0.3 is 6.03 Å². The molecule has 0 aliphatic carbocycles. The van der Waals surface area contributed by atoms with E-state index in [0.29, 0.717) is 12.2 Å². The van der Waals surface area contributed by atoms with Gasteiger partial charge in [0, 0.05) is 24.5 Å². The highest BCUT2D eigenvalue weighted by atomic mass is 19.1.